The quantitative estimate of drug-likeness (QED) is 0.543. The Kier molecular flexibility index (Phi) is 6.15. The van der Waals surface area contributed by atoms with Gasteiger partial charge in [-0.05, 0) is 24.1 Å². The van der Waals surface area contributed by atoms with Crippen molar-refractivity contribution in [3.63, 3.8) is 0 Å². The van der Waals surface area contributed by atoms with E-state index in [4.69, 9.17) is 5.11 Å². The van der Waals surface area contributed by atoms with Gasteiger partial charge < -0.3 is 20.6 Å². The standard InChI is InChI=1S/C17H17FN2O5/c18-11-3-1-10(2-4-11)5-6-19-17(25)12-7-20-15(14(23)9-22)16(24)13(12)8-21/h1-4,7,21-22,24H,5-6,8-9H2,(H,19,25). The zero-order chi connectivity index (χ0) is 18.4. The summed E-state index contributed by atoms with van der Waals surface area (Å²) >= 11 is 0. The third-order valence-electron chi connectivity index (χ3n) is 3.58. The van der Waals surface area contributed by atoms with Crippen molar-refractivity contribution >= 4 is 11.7 Å². The van der Waals surface area contributed by atoms with Crippen LogP contribution < -0.4 is 5.32 Å². The van der Waals surface area contributed by atoms with Crippen LogP contribution in [0, 0.1) is 5.82 Å². The number of nitrogens with one attached hydrogen (secondary N) is 1. The van der Waals surface area contributed by atoms with Gasteiger partial charge in [-0.3, -0.25) is 9.59 Å². The fourth-order valence-corrected chi connectivity index (χ4v) is 2.24. The van der Waals surface area contributed by atoms with E-state index in [0.29, 0.717) is 6.42 Å². The van der Waals surface area contributed by atoms with E-state index < -0.39 is 36.3 Å². The molecule has 25 heavy (non-hydrogen) atoms. The molecule has 1 amide bonds. The SMILES string of the molecule is O=C(NCCc1ccc(F)cc1)c1cnc(C(=O)CO)c(O)c1CO. The molecule has 0 spiro atoms. The van der Waals surface area contributed by atoms with Gasteiger partial charge in [-0.25, -0.2) is 9.37 Å². The van der Waals surface area contributed by atoms with Gasteiger partial charge >= 0.3 is 0 Å². The number of hydrogen-bond acceptors (Lipinski definition) is 6. The van der Waals surface area contributed by atoms with E-state index in [2.05, 4.69) is 10.3 Å². The summed E-state index contributed by atoms with van der Waals surface area (Å²) in [6.45, 7) is -1.29. The molecule has 7 nitrogen and oxygen atoms in total. The summed E-state index contributed by atoms with van der Waals surface area (Å²) in [7, 11) is 0. The Morgan fingerprint density at radius 3 is 2.44 bits per heavy atom. The van der Waals surface area contributed by atoms with Crippen LogP contribution in [-0.2, 0) is 13.0 Å². The lowest BCUT2D eigenvalue weighted by Gasteiger charge is -2.12. The summed E-state index contributed by atoms with van der Waals surface area (Å²) < 4.78 is 12.8. The number of aliphatic hydroxyl groups is 2. The third kappa shape index (κ3) is 4.37. The maximum Gasteiger partial charge on any atom is 0.253 e. The number of halogens is 1. The highest BCUT2D eigenvalue weighted by Crippen LogP contribution is 2.24. The molecular formula is C17H17FN2O5. The van der Waals surface area contributed by atoms with Gasteiger partial charge in [0.15, 0.2) is 11.4 Å². The molecule has 0 radical (unpaired) electrons. The maximum atomic E-state index is 12.8. The summed E-state index contributed by atoms with van der Waals surface area (Å²) in [6.07, 6.45) is 1.52. The van der Waals surface area contributed by atoms with Crippen LogP contribution in [0.15, 0.2) is 30.5 Å². The first-order valence-electron chi connectivity index (χ1n) is 7.46. The van der Waals surface area contributed by atoms with Gasteiger partial charge in [0.05, 0.1) is 12.2 Å². The van der Waals surface area contributed by atoms with Crippen molar-refractivity contribution in [3.05, 3.63) is 58.7 Å². The first-order chi connectivity index (χ1) is 12.0. The molecule has 8 heteroatoms. The maximum absolute atomic E-state index is 12.8. The number of aliphatic hydroxyl groups excluding tert-OH is 2. The van der Waals surface area contributed by atoms with Gasteiger partial charge in [0.2, 0.25) is 5.78 Å². The van der Waals surface area contributed by atoms with Gasteiger partial charge in [0.25, 0.3) is 5.91 Å². The molecule has 0 unspecified atom stereocenters. The number of benzene rings is 1. The van der Waals surface area contributed by atoms with Crippen LogP contribution >= 0.6 is 0 Å². The van der Waals surface area contributed by atoms with Crippen molar-refractivity contribution in [2.45, 2.75) is 13.0 Å². The normalized spacial score (nSPS) is 10.5. The summed E-state index contributed by atoms with van der Waals surface area (Å²) in [4.78, 5) is 27.3. The number of amides is 1. The van der Waals surface area contributed by atoms with E-state index in [1.165, 1.54) is 12.1 Å². The number of ketones is 1. The molecule has 2 aromatic rings. The largest absolute Gasteiger partial charge is 0.505 e. The Labute approximate surface area is 142 Å². The zero-order valence-electron chi connectivity index (χ0n) is 13.2. The minimum Gasteiger partial charge on any atom is -0.505 e. The molecule has 0 aliphatic heterocycles. The number of carbonyl (C=O) groups is 2. The molecule has 0 fully saturated rings. The summed E-state index contributed by atoms with van der Waals surface area (Å²) in [6, 6.07) is 5.84. The van der Waals surface area contributed by atoms with Crippen molar-refractivity contribution in [2.75, 3.05) is 13.2 Å². The Morgan fingerprint density at radius 2 is 1.84 bits per heavy atom. The van der Waals surface area contributed by atoms with Crippen molar-refractivity contribution in [3.8, 4) is 5.75 Å². The number of carbonyl (C=O) groups excluding carboxylic acids is 2. The van der Waals surface area contributed by atoms with Crippen LogP contribution in [0.25, 0.3) is 0 Å². The van der Waals surface area contributed by atoms with Gasteiger partial charge in [-0.1, -0.05) is 12.1 Å². The molecular weight excluding hydrogens is 331 g/mol. The Balaban J connectivity index is 2.09. The average molecular weight is 348 g/mol. The predicted molar refractivity (Wildman–Crippen MR) is 85.7 cm³/mol. The second-order valence-electron chi connectivity index (χ2n) is 5.22. The average Bonchev–Trinajstić information content (AvgIpc) is 2.62. The van der Waals surface area contributed by atoms with Crippen molar-refractivity contribution in [2.24, 2.45) is 0 Å². The summed E-state index contributed by atoms with van der Waals surface area (Å²) in [5.74, 6) is -2.39. The second kappa shape index (κ2) is 8.32. The zero-order valence-corrected chi connectivity index (χ0v) is 13.2. The van der Waals surface area contributed by atoms with E-state index in [1.807, 2.05) is 0 Å². The van der Waals surface area contributed by atoms with E-state index in [-0.39, 0.29) is 23.5 Å². The molecule has 1 heterocycles. The third-order valence-corrected chi connectivity index (χ3v) is 3.58. The fraction of sp³-hybridized carbons (Fsp3) is 0.235. The van der Waals surface area contributed by atoms with Gasteiger partial charge in [-0.2, -0.15) is 0 Å². The van der Waals surface area contributed by atoms with Crippen molar-refractivity contribution in [1.29, 1.82) is 0 Å². The highest BCUT2D eigenvalue weighted by Gasteiger charge is 2.21. The smallest absolute Gasteiger partial charge is 0.253 e. The Morgan fingerprint density at radius 1 is 1.16 bits per heavy atom. The van der Waals surface area contributed by atoms with E-state index in [9.17, 15) is 24.2 Å². The van der Waals surface area contributed by atoms with Crippen LogP contribution in [0.4, 0.5) is 4.39 Å². The van der Waals surface area contributed by atoms with E-state index >= 15 is 0 Å². The minimum absolute atomic E-state index is 0.0754. The van der Waals surface area contributed by atoms with Gasteiger partial charge in [-0.15, -0.1) is 0 Å². The highest BCUT2D eigenvalue weighted by atomic mass is 19.1. The number of hydrogen-bond donors (Lipinski definition) is 4. The molecule has 2 rings (SSSR count). The van der Waals surface area contributed by atoms with Crippen LogP contribution in [0.5, 0.6) is 5.75 Å². The highest BCUT2D eigenvalue weighted by molar-refractivity contribution is 6.01. The Hall–Kier alpha value is -2.84. The molecule has 1 aromatic heterocycles. The first kappa shape index (κ1) is 18.5. The molecule has 0 saturated carbocycles. The number of pyridine rings is 1. The van der Waals surface area contributed by atoms with Gasteiger partial charge in [0, 0.05) is 18.3 Å². The minimum atomic E-state index is -0.853. The number of rotatable bonds is 7. The summed E-state index contributed by atoms with van der Waals surface area (Å²) in [5.41, 5.74) is 0.197. The molecule has 4 N–H and O–H groups in total. The van der Waals surface area contributed by atoms with Gasteiger partial charge in [0.1, 0.15) is 12.4 Å². The lowest BCUT2D eigenvalue weighted by atomic mass is 10.1. The number of aromatic nitrogens is 1. The van der Waals surface area contributed by atoms with Crippen molar-refractivity contribution < 1.29 is 29.3 Å². The molecule has 0 atom stereocenters. The van der Waals surface area contributed by atoms with Crippen LogP contribution in [0.1, 0.15) is 32.0 Å². The molecule has 1 aromatic carbocycles. The molecule has 0 aliphatic rings. The predicted octanol–water partition coefficient (Wildman–Crippen LogP) is 0.566. The van der Waals surface area contributed by atoms with E-state index in [0.717, 1.165) is 11.8 Å². The lowest BCUT2D eigenvalue weighted by molar-refractivity contribution is 0.0891. The fourth-order valence-electron chi connectivity index (χ4n) is 2.24. The topological polar surface area (TPSA) is 120 Å². The second-order valence-corrected chi connectivity index (χ2v) is 5.22. The van der Waals surface area contributed by atoms with Crippen LogP contribution in [0.3, 0.4) is 0 Å². The van der Waals surface area contributed by atoms with Crippen molar-refractivity contribution in [1.82, 2.24) is 10.3 Å². The van der Waals surface area contributed by atoms with Crippen LogP contribution in [0.2, 0.25) is 0 Å². The summed E-state index contributed by atoms with van der Waals surface area (Å²) in [5, 5.41) is 30.8. The number of aromatic hydroxyl groups is 1. The number of Topliss-reactive ketones (excluding diaryl/α,β-unsaturated/α-hetero) is 1. The monoisotopic (exact) mass is 348 g/mol. The van der Waals surface area contributed by atoms with Crippen LogP contribution in [-0.4, -0.2) is 45.1 Å². The molecule has 132 valence electrons. The molecule has 0 aliphatic carbocycles. The molecule has 0 saturated heterocycles. The first-order valence-corrected chi connectivity index (χ1v) is 7.46. The van der Waals surface area contributed by atoms with E-state index in [1.54, 1.807) is 12.1 Å². The molecule has 0 bridgehead atoms. The number of nitrogens with zero attached hydrogens (tertiary/aromatic N) is 1. The Bertz CT molecular complexity index is 777. The lowest BCUT2D eigenvalue weighted by Crippen LogP contribution is -2.27.